The molecular formula is C26H32N2O5. The Labute approximate surface area is 195 Å². The highest BCUT2D eigenvalue weighted by Gasteiger charge is 2.40. The van der Waals surface area contributed by atoms with Gasteiger partial charge in [-0.3, -0.25) is 4.79 Å². The zero-order valence-corrected chi connectivity index (χ0v) is 19.6. The van der Waals surface area contributed by atoms with Crippen molar-refractivity contribution in [3.8, 4) is 17.2 Å². The third kappa shape index (κ3) is 4.37. The highest BCUT2D eigenvalue weighted by molar-refractivity contribution is 6.00. The first kappa shape index (κ1) is 23.0. The second kappa shape index (κ2) is 10.2. The molecule has 0 saturated carbocycles. The van der Waals surface area contributed by atoms with Gasteiger partial charge in [-0.05, 0) is 48.1 Å². The number of carbonyl (C=O) groups excluding carboxylic acids is 1. The Kier molecular flexibility index (Phi) is 7.08. The van der Waals surface area contributed by atoms with Crippen molar-refractivity contribution in [3.63, 3.8) is 0 Å². The van der Waals surface area contributed by atoms with Crippen molar-refractivity contribution in [2.24, 2.45) is 5.92 Å². The molecule has 1 aliphatic carbocycles. The van der Waals surface area contributed by atoms with E-state index in [0.29, 0.717) is 41.9 Å². The van der Waals surface area contributed by atoms with Gasteiger partial charge in [0, 0.05) is 26.2 Å². The van der Waals surface area contributed by atoms with Gasteiger partial charge in [-0.1, -0.05) is 24.3 Å². The number of nitrogens with one attached hydrogen (secondary N) is 2. The fourth-order valence-corrected chi connectivity index (χ4v) is 4.94. The van der Waals surface area contributed by atoms with Crippen molar-refractivity contribution in [1.82, 2.24) is 5.32 Å². The van der Waals surface area contributed by atoms with Gasteiger partial charge in [0.25, 0.3) is 5.91 Å². The Hall–Kier alpha value is -3.19. The second-order valence-electron chi connectivity index (χ2n) is 8.31. The minimum absolute atomic E-state index is 0.0198. The molecular weight excluding hydrogens is 420 g/mol. The van der Waals surface area contributed by atoms with Gasteiger partial charge in [-0.25, -0.2) is 0 Å². The molecule has 7 nitrogen and oxygen atoms in total. The number of ether oxygens (including phenoxy) is 4. The molecule has 1 heterocycles. The number of allylic oxidation sites excluding steroid dienone is 2. The summed E-state index contributed by atoms with van der Waals surface area (Å²) in [6.07, 6.45) is 6.21. The van der Waals surface area contributed by atoms with Crippen LogP contribution >= 0.6 is 0 Å². The average molecular weight is 453 g/mol. The van der Waals surface area contributed by atoms with Crippen LogP contribution in [-0.4, -0.2) is 47.5 Å². The first-order chi connectivity index (χ1) is 16.1. The SMILES string of the molecule is COCCCNC(=O)c1cccc2c1NC(c1cc(OC)c(OC)c(OC)c1)C1CC=CC21. The van der Waals surface area contributed by atoms with Gasteiger partial charge in [0.15, 0.2) is 11.5 Å². The van der Waals surface area contributed by atoms with E-state index in [1.54, 1.807) is 28.4 Å². The van der Waals surface area contributed by atoms with Crippen LogP contribution in [0.25, 0.3) is 0 Å². The Morgan fingerprint density at radius 1 is 1.09 bits per heavy atom. The largest absolute Gasteiger partial charge is 0.493 e. The molecule has 1 aliphatic heterocycles. The molecule has 2 aromatic carbocycles. The number of methoxy groups -OCH3 is 4. The van der Waals surface area contributed by atoms with Crippen LogP contribution in [0.4, 0.5) is 5.69 Å². The Morgan fingerprint density at radius 2 is 1.85 bits per heavy atom. The summed E-state index contributed by atoms with van der Waals surface area (Å²) < 4.78 is 21.8. The van der Waals surface area contributed by atoms with Gasteiger partial charge in [0.05, 0.1) is 38.6 Å². The fourth-order valence-electron chi connectivity index (χ4n) is 4.94. The third-order valence-electron chi connectivity index (χ3n) is 6.50. The van der Waals surface area contributed by atoms with E-state index in [2.05, 4.69) is 28.9 Å². The summed E-state index contributed by atoms with van der Waals surface area (Å²) in [5.41, 5.74) is 3.72. The number of fused-ring (bicyclic) bond motifs is 3. The summed E-state index contributed by atoms with van der Waals surface area (Å²) in [5.74, 6) is 2.26. The van der Waals surface area contributed by atoms with Crippen molar-refractivity contribution >= 4 is 11.6 Å². The summed E-state index contributed by atoms with van der Waals surface area (Å²) >= 11 is 0. The monoisotopic (exact) mass is 452 g/mol. The molecule has 0 saturated heterocycles. The summed E-state index contributed by atoms with van der Waals surface area (Å²) in [5, 5.41) is 6.71. The summed E-state index contributed by atoms with van der Waals surface area (Å²) in [6, 6.07) is 9.92. The number of amides is 1. The predicted molar refractivity (Wildman–Crippen MR) is 128 cm³/mol. The Morgan fingerprint density at radius 3 is 2.52 bits per heavy atom. The van der Waals surface area contributed by atoms with E-state index in [4.69, 9.17) is 18.9 Å². The van der Waals surface area contributed by atoms with Gasteiger partial charge < -0.3 is 29.6 Å². The molecule has 7 heteroatoms. The average Bonchev–Trinajstić information content (AvgIpc) is 3.35. The van der Waals surface area contributed by atoms with Crippen molar-refractivity contribution < 1.29 is 23.7 Å². The summed E-state index contributed by atoms with van der Waals surface area (Å²) in [7, 11) is 6.50. The lowest BCUT2D eigenvalue weighted by Crippen LogP contribution is -2.32. The maximum absolute atomic E-state index is 13.0. The molecule has 0 radical (unpaired) electrons. The number of para-hydroxylation sites is 1. The smallest absolute Gasteiger partial charge is 0.253 e. The van der Waals surface area contributed by atoms with E-state index in [-0.39, 0.29) is 17.9 Å². The number of carbonyl (C=O) groups is 1. The molecule has 0 bridgehead atoms. The lowest BCUT2D eigenvalue weighted by Gasteiger charge is -2.38. The lowest BCUT2D eigenvalue weighted by molar-refractivity contribution is 0.0949. The molecule has 2 aromatic rings. The minimum Gasteiger partial charge on any atom is -0.493 e. The van der Waals surface area contributed by atoms with Crippen LogP contribution in [0.2, 0.25) is 0 Å². The van der Waals surface area contributed by atoms with Gasteiger partial charge in [0.1, 0.15) is 0 Å². The maximum Gasteiger partial charge on any atom is 0.253 e. The third-order valence-corrected chi connectivity index (χ3v) is 6.50. The molecule has 4 rings (SSSR count). The normalized spacial score (nSPS) is 20.4. The predicted octanol–water partition coefficient (Wildman–Crippen LogP) is 4.31. The van der Waals surface area contributed by atoms with Crippen molar-refractivity contribution in [3.05, 3.63) is 59.2 Å². The Bertz CT molecular complexity index is 1010. The Balaban J connectivity index is 1.71. The zero-order chi connectivity index (χ0) is 23.4. The number of rotatable bonds is 9. The van der Waals surface area contributed by atoms with Gasteiger partial charge in [-0.2, -0.15) is 0 Å². The van der Waals surface area contributed by atoms with Crippen LogP contribution in [0, 0.1) is 5.92 Å². The summed E-state index contributed by atoms with van der Waals surface area (Å²) in [6.45, 7) is 1.18. The van der Waals surface area contributed by atoms with Crippen molar-refractivity contribution in [1.29, 1.82) is 0 Å². The van der Waals surface area contributed by atoms with Crippen LogP contribution in [-0.2, 0) is 4.74 Å². The number of hydrogen-bond donors (Lipinski definition) is 2. The second-order valence-corrected chi connectivity index (χ2v) is 8.31. The fraction of sp³-hybridized carbons (Fsp3) is 0.423. The molecule has 0 spiro atoms. The van der Waals surface area contributed by atoms with Crippen molar-refractivity contribution in [2.45, 2.75) is 24.8 Å². The molecule has 33 heavy (non-hydrogen) atoms. The molecule has 0 fully saturated rings. The minimum atomic E-state index is -0.0838. The van der Waals surface area contributed by atoms with Gasteiger partial charge in [-0.15, -0.1) is 0 Å². The molecule has 0 aromatic heterocycles. The number of hydrogen-bond acceptors (Lipinski definition) is 6. The molecule has 3 unspecified atom stereocenters. The first-order valence-electron chi connectivity index (χ1n) is 11.3. The highest BCUT2D eigenvalue weighted by atomic mass is 16.5. The molecule has 2 N–H and O–H groups in total. The standard InChI is InChI=1S/C26H32N2O5/c1-30-13-7-12-27-26(29)20-11-6-10-19-17-8-5-9-18(17)23(28-24(19)20)16-14-21(31-2)25(33-4)22(15-16)32-3/h5-6,8,10-11,14-15,17-18,23,28H,7,9,12-13H2,1-4H3,(H,27,29). The van der Waals surface area contributed by atoms with Crippen molar-refractivity contribution in [2.75, 3.05) is 46.9 Å². The van der Waals surface area contributed by atoms with Gasteiger partial charge in [0.2, 0.25) is 5.75 Å². The zero-order valence-electron chi connectivity index (χ0n) is 19.6. The first-order valence-corrected chi connectivity index (χ1v) is 11.3. The quantitative estimate of drug-likeness (QED) is 0.436. The summed E-state index contributed by atoms with van der Waals surface area (Å²) in [4.78, 5) is 13.0. The lowest BCUT2D eigenvalue weighted by atomic mass is 9.76. The molecule has 1 amide bonds. The molecule has 3 atom stereocenters. The van der Waals surface area contributed by atoms with E-state index in [1.807, 2.05) is 24.3 Å². The van der Waals surface area contributed by atoms with Crippen LogP contribution in [0.1, 0.15) is 46.3 Å². The van der Waals surface area contributed by atoms with E-state index in [1.165, 1.54) is 0 Å². The van der Waals surface area contributed by atoms with E-state index in [0.717, 1.165) is 29.7 Å². The highest BCUT2D eigenvalue weighted by Crippen LogP contribution is 2.52. The molecule has 2 aliphatic rings. The van der Waals surface area contributed by atoms with Crippen LogP contribution in [0.5, 0.6) is 17.2 Å². The topological polar surface area (TPSA) is 78.1 Å². The van der Waals surface area contributed by atoms with E-state index in [9.17, 15) is 4.79 Å². The van der Waals surface area contributed by atoms with E-state index < -0.39 is 0 Å². The number of anilines is 1. The van der Waals surface area contributed by atoms with Gasteiger partial charge >= 0.3 is 0 Å². The van der Waals surface area contributed by atoms with Crippen LogP contribution < -0.4 is 24.8 Å². The maximum atomic E-state index is 13.0. The number of benzene rings is 2. The van der Waals surface area contributed by atoms with Crippen LogP contribution in [0.15, 0.2) is 42.5 Å². The van der Waals surface area contributed by atoms with Crippen LogP contribution in [0.3, 0.4) is 0 Å². The molecule has 176 valence electrons. The van der Waals surface area contributed by atoms with E-state index >= 15 is 0 Å².